The SMILES string of the molecule is O=C(Cc1csc(NC(=O)Nc2ccc(Cl)cc2)n1)Nc1ccccc1C(F)(F)F. The number of alkyl halides is 3. The summed E-state index contributed by atoms with van der Waals surface area (Å²) in [7, 11) is 0. The molecule has 0 bridgehead atoms. The highest BCUT2D eigenvalue weighted by Gasteiger charge is 2.33. The summed E-state index contributed by atoms with van der Waals surface area (Å²) < 4.78 is 39.0. The van der Waals surface area contributed by atoms with Crippen LogP contribution in [-0.2, 0) is 17.4 Å². The van der Waals surface area contributed by atoms with Gasteiger partial charge in [-0.2, -0.15) is 13.2 Å². The van der Waals surface area contributed by atoms with E-state index in [1.54, 1.807) is 24.3 Å². The Morgan fingerprint density at radius 3 is 2.40 bits per heavy atom. The van der Waals surface area contributed by atoms with Gasteiger partial charge in [-0.25, -0.2) is 9.78 Å². The fourth-order valence-corrected chi connectivity index (χ4v) is 3.27. The van der Waals surface area contributed by atoms with Crippen LogP contribution in [0.5, 0.6) is 0 Å². The first-order chi connectivity index (χ1) is 14.2. The zero-order valence-corrected chi connectivity index (χ0v) is 16.7. The Balaban J connectivity index is 1.57. The Kier molecular flexibility index (Phi) is 6.58. The van der Waals surface area contributed by atoms with Crippen molar-refractivity contribution >= 4 is 51.4 Å². The van der Waals surface area contributed by atoms with Crippen LogP contribution in [0.2, 0.25) is 5.02 Å². The van der Waals surface area contributed by atoms with E-state index in [1.165, 1.54) is 23.6 Å². The Morgan fingerprint density at radius 2 is 1.70 bits per heavy atom. The van der Waals surface area contributed by atoms with Crippen molar-refractivity contribution in [3.63, 3.8) is 0 Å². The first-order valence-corrected chi connectivity index (χ1v) is 9.70. The van der Waals surface area contributed by atoms with Crippen LogP contribution in [0, 0.1) is 0 Å². The van der Waals surface area contributed by atoms with E-state index in [9.17, 15) is 22.8 Å². The number of urea groups is 1. The summed E-state index contributed by atoms with van der Waals surface area (Å²) in [5.41, 5.74) is -0.427. The molecule has 0 spiro atoms. The number of benzene rings is 2. The van der Waals surface area contributed by atoms with E-state index in [1.807, 2.05) is 0 Å². The maximum absolute atomic E-state index is 13.0. The second-order valence-corrected chi connectivity index (χ2v) is 7.29. The van der Waals surface area contributed by atoms with Gasteiger partial charge in [0.15, 0.2) is 5.13 Å². The van der Waals surface area contributed by atoms with E-state index < -0.39 is 23.7 Å². The summed E-state index contributed by atoms with van der Waals surface area (Å²) in [5.74, 6) is -0.658. The van der Waals surface area contributed by atoms with Crippen LogP contribution in [0.25, 0.3) is 0 Å². The largest absolute Gasteiger partial charge is 0.418 e. The number of anilines is 3. The molecule has 0 fully saturated rings. The molecule has 156 valence electrons. The number of aromatic nitrogens is 1. The highest BCUT2D eigenvalue weighted by molar-refractivity contribution is 7.14. The number of hydrogen-bond acceptors (Lipinski definition) is 4. The number of hydrogen-bond donors (Lipinski definition) is 3. The van der Waals surface area contributed by atoms with Gasteiger partial charge in [0.1, 0.15) is 0 Å². The molecule has 0 saturated carbocycles. The number of carbonyl (C=O) groups is 2. The summed E-state index contributed by atoms with van der Waals surface area (Å²) in [6.07, 6.45) is -4.83. The zero-order chi connectivity index (χ0) is 21.7. The van der Waals surface area contributed by atoms with Gasteiger partial charge in [-0.15, -0.1) is 11.3 Å². The van der Waals surface area contributed by atoms with Gasteiger partial charge < -0.3 is 10.6 Å². The molecule has 3 N–H and O–H groups in total. The summed E-state index contributed by atoms with van der Waals surface area (Å²) >= 11 is 6.86. The number of nitrogens with zero attached hydrogens (tertiary/aromatic N) is 1. The van der Waals surface area contributed by atoms with Gasteiger partial charge in [0.05, 0.1) is 23.4 Å². The Morgan fingerprint density at radius 1 is 1.00 bits per heavy atom. The van der Waals surface area contributed by atoms with Crippen molar-refractivity contribution in [2.24, 2.45) is 0 Å². The van der Waals surface area contributed by atoms with Crippen LogP contribution in [0.1, 0.15) is 11.3 Å². The number of rotatable bonds is 5. The lowest BCUT2D eigenvalue weighted by atomic mass is 10.1. The second-order valence-electron chi connectivity index (χ2n) is 6.00. The third-order valence-corrected chi connectivity index (χ3v) is 4.78. The van der Waals surface area contributed by atoms with Crippen molar-refractivity contribution in [1.82, 2.24) is 4.98 Å². The quantitative estimate of drug-likeness (QED) is 0.466. The smallest absolute Gasteiger partial charge is 0.325 e. The van der Waals surface area contributed by atoms with Gasteiger partial charge in [-0.05, 0) is 36.4 Å². The molecule has 3 amide bonds. The number of amides is 3. The van der Waals surface area contributed by atoms with Gasteiger partial charge in [0, 0.05) is 16.1 Å². The molecule has 1 heterocycles. The minimum absolute atomic E-state index is 0.236. The van der Waals surface area contributed by atoms with E-state index in [0.29, 0.717) is 16.4 Å². The van der Waals surface area contributed by atoms with E-state index in [0.717, 1.165) is 17.4 Å². The standard InChI is InChI=1S/C19H14ClF3N4O2S/c20-11-5-7-12(8-6-11)24-17(29)27-18-25-13(10-30-18)9-16(28)26-15-4-2-1-3-14(15)19(21,22)23/h1-8,10H,9H2,(H,26,28)(H2,24,25,27,29). The Bertz CT molecular complexity index is 1050. The topological polar surface area (TPSA) is 83.1 Å². The van der Waals surface area contributed by atoms with Crippen LogP contribution < -0.4 is 16.0 Å². The molecule has 0 saturated heterocycles. The normalized spacial score (nSPS) is 11.1. The van der Waals surface area contributed by atoms with Gasteiger partial charge in [0.2, 0.25) is 5.91 Å². The second kappa shape index (κ2) is 9.14. The molecule has 3 aromatic rings. The van der Waals surface area contributed by atoms with Gasteiger partial charge in [0.25, 0.3) is 0 Å². The molecule has 0 unspecified atom stereocenters. The minimum atomic E-state index is -4.58. The van der Waals surface area contributed by atoms with Gasteiger partial charge in [-0.1, -0.05) is 23.7 Å². The molecule has 11 heteroatoms. The minimum Gasteiger partial charge on any atom is -0.325 e. The molecule has 30 heavy (non-hydrogen) atoms. The zero-order valence-electron chi connectivity index (χ0n) is 15.1. The molecule has 2 aromatic carbocycles. The lowest BCUT2D eigenvalue weighted by Crippen LogP contribution is -2.20. The summed E-state index contributed by atoms with van der Waals surface area (Å²) in [6, 6.07) is 10.7. The van der Waals surface area contributed by atoms with Crippen LogP contribution in [0.15, 0.2) is 53.9 Å². The Hall–Kier alpha value is -3.11. The van der Waals surface area contributed by atoms with E-state index in [4.69, 9.17) is 11.6 Å². The first kappa shape index (κ1) is 21.6. The van der Waals surface area contributed by atoms with Crippen molar-refractivity contribution in [2.45, 2.75) is 12.6 Å². The van der Waals surface area contributed by atoms with Gasteiger partial charge >= 0.3 is 12.2 Å². The molecule has 3 rings (SSSR count). The summed E-state index contributed by atoms with van der Waals surface area (Å²) in [4.78, 5) is 28.2. The predicted molar refractivity (Wildman–Crippen MR) is 110 cm³/mol. The van der Waals surface area contributed by atoms with Crippen molar-refractivity contribution < 1.29 is 22.8 Å². The number of para-hydroxylation sites is 1. The van der Waals surface area contributed by atoms with Crippen molar-refractivity contribution in [2.75, 3.05) is 16.0 Å². The highest BCUT2D eigenvalue weighted by Crippen LogP contribution is 2.34. The fraction of sp³-hybridized carbons (Fsp3) is 0.105. The maximum Gasteiger partial charge on any atom is 0.418 e. The predicted octanol–water partition coefficient (Wildman–Crippen LogP) is 5.64. The summed E-state index contributed by atoms with van der Waals surface area (Å²) in [6.45, 7) is 0. The monoisotopic (exact) mass is 454 g/mol. The van der Waals surface area contributed by atoms with Crippen molar-refractivity contribution in [1.29, 1.82) is 0 Å². The fourth-order valence-electron chi connectivity index (χ4n) is 2.44. The average Bonchev–Trinajstić information content (AvgIpc) is 3.09. The molecular formula is C19H14ClF3N4O2S. The lowest BCUT2D eigenvalue weighted by Gasteiger charge is -2.13. The highest BCUT2D eigenvalue weighted by atomic mass is 35.5. The van der Waals surface area contributed by atoms with Crippen molar-refractivity contribution in [3.8, 4) is 0 Å². The van der Waals surface area contributed by atoms with Crippen molar-refractivity contribution in [3.05, 3.63) is 70.2 Å². The lowest BCUT2D eigenvalue weighted by molar-refractivity contribution is -0.137. The molecule has 0 aliphatic rings. The molecule has 0 aliphatic heterocycles. The molecule has 6 nitrogen and oxygen atoms in total. The van der Waals surface area contributed by atoms with E-state index >= 15 is 0 Å². The maximum atomic E-state index is 13.0. The number of carbonyl (C=O) groups excluding carboxylic acids is 2. The summed E-state index contributed by atoms with van der Waals surface area (Å²) in [5, 5.41) is 9.66. The average molecular weight is 455 g/mol. The van der Waals surface area contributed by atoms with E-state index in [-0.39, 0.29) is 17.2 Å². The molecular weight excluding hydrogens is 441 g/mol. The Labute approximate surface area is 178 Å². The first-order valence-electron chi connectivity index (χ1n) is 8.45. The van der Waals surface area contributed by atoms with Crippen LogP contribution in [0.4, 0.5) is 34.5 Å². The molecule has 0 atom stereocenters. The van der Waals surface area contributed by atoms with Crippen LogP contribution >= 0.6 is 22.9 Å². The third kappa shape index (κ3) is 5.94. The molecule has 0 aliphatic carbocycles. The number of nitrogens with one attached hydrogen (secondary N) is 3. The van der Waals surface area contributed by atoms with E-state index in [2.05, 4.69) is 20.9 Å². The van der Waals surface area contributed by atoms with Gasteiger partial charge in [-0.3, -0.25) is 10.1 Å². The number of thiazole rings is 1. The molecule has 0 radical (unpaired) electrons. The number of halogens is 4. The van der Waals surface area contributed by atoms with Crippen LogP contribution in [-0.4, -0.2) is 16.9 Å². The molecule has 1 aromatic heterocycles. The third-order valence-electron chi connectivity index (χ3n) is 3.72. The van der Waals surface area contributed by atoms with Crippen LogP contribution in [0.3, 0.4) is 0 Å².